The predicted molar refractivity (Wildman–Crippen MR) is 62.4 cm³/mol. The van der Waals surface area contributed by atoms with Crippen LogP contribution in [0.3, 0.4) is 0 Å². The first-order valence-electron chi connectivity index (χ1n) is 5.45. The number of nitrogens with zero attached hydrogens (tertiary/aromatic N) is 1. The van der Waals surface area contributed by atoms with Gasteiger partial charge >= 0.3 is 19.5 Å². The number of rotatable bonds is 7. The average Bonchev–Trinajstić information content (AvgIpc) is 2.76. The molecule has 0 saturated heterocycles. The van der Waals surface area contributed by atoms with Crippen molar-refractivity contribution in [2.75, 3.05) is 20.3 Å². The van der Waals surface area contributed by atoms with Gasteiger partial charge in [-0.1, -0.05) is 0 Å². The number of hydrogen-bond acceptors (Lipinski definition) is 7. The van der Waals surface area contributed by atoms with Gasteiger partial charge < -0.3 is 18.2 Å². The Balaban J connectivity index is 2.78. The van der Waals surface area contributed by atoms with Crippen molar-refractivity contribution >= 4 is 13.6 Å². The summed E-state index contributed by atoms with van der Waals surface area (Å²) in [6.45, 7) is 3.95. The van der Waals surface area contributed by atoms with Crippen LogP contribution in [-0.2, 0) is 24.5 Å². The van der Waals surface area contributed by atoms with Crippen LogP contribution in [0.15, 0.2) is 10.6 Å². The summed E-state index contributed by atoms with van der Waals surface area (Å²) in [5.41, 5.74) is 0. The third kappa shape index (κ3) is 3.94. The van der Waals surface area contributed by atoms with Gasteiger partial charge in [-0.3, -0.25) is 4.57 Å². The Morgan fingerprint density at radius 2 is 2.00 bits per heavy atom. The van der Waals surface area contributed by atoms with Crippen LogP contribution in [0.4, 0.5) is 0 Å². The second-order valence-electron chi connectivity index (χ2n) is 3.23. The molecule has 0 aliphatic heterocycles. The molecule has 0 aliphatic rings. The van der Waals surface area contributed by atoms with Gasteiger partial charge in [0.1, 0.15) is 11.9 Å². The Labute approximate surface area is 105 Å². The maximum Gasteiger partial charge on any atom is 0.394 e. The first-order valence-corrected chi connectivity index (χ1v) is 7.18. The highest BCUT2D eigenvalue weighted by Gasteiger charge is 2.27. The number of hydrogen-bond donors (Lipinski definition) is 0. The van der Waals surface area contributed by atoms with Crippen molar-refractivity contribution in [1.29, 1.82) is 0 Å². The molecule has 102 valence electrons. The fourth-order valence-electron chi connectivity index (χ4n) is 1.28. The van der Waals surface area contributed by atoms with E-state index in [1.807, 2.05) is 0 Å². The number of ether oxygens (including phenoxy) is 1. The zero-order chi connectivity index (χ0) is 13.6. The maximum absolute atomic E-state index is 12.2. The second-order valence-corrected chi connectivity index (χ2v) is 5.28. The summed E-state index contributed by atoms with van der Waals surface area (Å²) >= 11 is 0. The Hall–Kier alpha value is -1.17. The van der Waals surface area contributed by atoms with E-state index >= 15 is 0 Å². The normalized spacial score (nSPS) is 11.5. The highest BCUT2D eigenvalue weighted by Crippen LogP contribution is 2.51. The fourth-order valence-corrected chi connectivity index (χ4v) is 2.85. The third-order valence-electron chi connectivity index (χ3n) is 1.91. The maximum atomic E-state index is 12.2. The molecule has 0 aromatic carbocycles. The average molecular weight is 277 g/mol. The van der Waals surface area contributed by atoms with E-state index in [2.05, 4.69) is 9.72 Å². The topological polar surface area (TPSA) is 87.9 Å². The molecule has 0 radical (unpaired) electrons. The molecule has 1 aromatic rings. The van der Waals surface area contributed by atoms with Crippen LogP contribution in [-0.4, -0.2) is 31.3 Å². The van der Waals surface area contributed by atoms with Crippen molar-refractivity contribution < 1.29 is 27.6 Å². The van der Waals surface area contributed by atoms with Gasteiger partial charge in [-0.05, 0) is 13.8 Å². The van der Waals surface area contributed by atoms with Gasteiger partial charge in [-0.15, -0.1) is 0 Å². The van der Waals surface area contributed by atoms with Crippen LogP contribution in [0.25, 0.3) is 0 Å². The zero-order valence-electron chi connectivity index (χ0n) is 10.5. The van der Waals surface area contributed by atoms with Crippen molar-refractivity contribution in [2.45, 2.75) is 20.0 Å². The highest BCUT2D eigenvalue weighted by molar-refractivity contribution is 7.53. The minimum Gasteiger partial charge on any atom is -0.462 e. The highest BCUT2D eigenvalue weighted by atomic mass is 31.2. The van der Waals surface area contributed by atoms with Crippen LogP contribution < -0.4 is 0 Å². The summed E-state index contributed by atoms with van der Waals surface area (Å²) in [5, 5.41) is 0. The summed E-state index contributed by atoms with van der Waals surface area (Å²) in [4.78, 5) is 14.9. The van der Waals surface area contributed by atoms with Crippen LogP contribution in [0.1, 0.15) is 30.3 Å². The lowest BCUT2D eigenvalue weighted by atomic mass is 10.6. The molecule has 0 amide bonds. The standard InChI is InChI=1S/C10H16NO6P/c1-4-15-18(13,16-5-2)7-8-6-11-9(17-8)10(12)14-3/h6H,4-5,7H2,1-3H3. The Bertz CT molecular complexity index is 433. The largest absolute Gasteiger partial charge is 0.462 e. The molecule has 0 bridgehead atoms. The number of oxazole rings is 1. The van der Waals surface area contributed by atoms with E-state index in [1.165, 1.54) is 13.3 Å². The lowest BCUT2D eigenvalue weighted by Gasteiger charge is -2.15. The van der Waals surface area contributed by atoms with Gasteiger partial charge in [0.2, 0.25) is 0 Å². The van der Waals surface area contributed by atoms with Gasteiger partial charge in [0.05, 0.1) is 26.5 Å². The smallest absolute Gasteiger partial charge is 0.394 e. The van der Waals surface area contributed by atoms with E-state index in [4.69, 9.17) is 13.5 Å². The zero-order valence-corrected chi connectivity index (χ0v) is 11.4. The van der Waals surface area contributed by atoms with E-state index in [1.54, 1.807) is 13.8 Å². The molecule has 18 heavy (non-hydrogen) atoms. The molecule has 0 fully saturated rings. The molecule has 0 spiro atoms. The molecular weight excluding hydrogens is 261 g/mol. The molecular formula is C10H16NO6P. The monoisotopic (exact) mass is 277 g/mol. The van der Waals surface area contributed by atoms with Crippen LogP contribution in [0.5, 0.6) is 0 Å². The molecule has 0 unspecified atom stereocenters. The van der Waals surface area contributed by atoms with Crippen molar-refractivity contribution in [2.24, 2.45) is 0 Å². The summed E-state index contributed by atoms with van der Waals surface area (Å²) in [6, 6.07) is 0. The molecule has 1 rings (SSSR count). The van der Waals surface area contributed by atoms with Crippen LogP contribution >= 0.6 is 7.60 Å². The molecule has 8 heteroatoms. The fraction of sp³-hybridized carbons (Fsp3) is 0.600. The lowest BCUT2D eigenvalue weighted by molar-refractivity contribution is 0.0554. The third-order valence-corrected chi connectivity index (χ3v) is 3.92. The molecule has 0 N–H and O–H groups in total. The molecule has 0 aliphatic carbocycles. The Morgan fingerprint density at radius 1 is 1.39 bits per heavy atom. The van der Waals surface area contributed by atoms with Crippen molar-refractivity contribution in [3.63, 3.8) is 0 Å². The number of methoxy groups -OCH3 is 1. The van der Waals surface area contributed by atoms with Crippen LogP contribution in [0, 0.1) is 0 Å². The summed E-state index contributed by atoms with van der Waals surface area (Å²) in [5.74, 6) is -0.628. The van der Waals surface area contributed by atoms with Crippen molar-refractivity contribution in [1.82, 2.24) is 4.98 Å². The number of carbonyl (C=O) groups is 1. The van der Waals surface area contributed by atoms with Gasteiger partial charge in [0.15, 0.2) is 0 Å². The van der Waals surface area contributed by atoms with Gasteiger partial charge in [-0.2, -0.15) is 0 Å². The lowest BCUT2D eigenvalue weighted by Crippen LogP contribution is -2.01. The first kappa shape index (κ1) is 14.9. The first-order chi connectivity index (χ1) is 8.54. The van der Waals surface area contributed by atoms with E-state index in [0.29, 0.717) is 0 Å². The Kier molecular flexibility index (Phi) is 5.53. The second kappa shape index (κ2) is 6.68. The van der Waals surface area contributed by atoms with Gasteiger partial charge in [0.25, 0.3) is 0 Å². The number of aromatic nitrogens is 1. The minimum absolute atomic E-state index is 0.0708. The molecule has 7 nitrogen and oxygen atoms in total. The summed E-state index contributed by atoms with van der Waals surface area (Å²) in [7, 11) is -2.03. The molecule has 0 saturated carbocycles. The summed E-state index contributed by atoms with van der Waals surface area (Å²) in [6.07, 6.45) is 1.23. The molecule has 1 aromatic heterocycles. The van der Waals surface area contributed by atoms with E-state index in [9.17, 15) is 9.36 Å². The van der Waals surface area contributed by atoms with Gasteiger partial charge in [0, 0.05) is 0 Å². The van der Waals surface area contributed by atoms with Crippen molar-refractivity contribution in [3.05, 3.63) is 17.8 Å². The SMILES string of the molecule is CCOP(=O)(Cc1cnc(C(=O)OC)o1)OCC. The van der Waals surface area contributed by atoms with Crippen LogP contribution in [0.2, 0.25) is 0 Å². The molecule has 1 heterocycles. The van der Waals surface area contributed by atoms with E-state index in [-0.39, 0.29) is 31.0 Å². The Morgan fingerprint density at radius 3 is 2.50 bits per heavy atom. The predicted octanol–water partition coefficient (Wildman–Crippen LogP) is 2.23. The quantitative estimate of drug-likeness (QED) is 0.557. The molecule has 0 atom stereocenters. The van der Waals surface area contributed by atoms with Crippen molar-refractivity contribution in [3.8, 4) is 0 Å². The van der Waals surface area contributed by atoms with E-state index in [0.717, 1.165) is 0 Å². The minimum atomic E-state index is -3.25. The van der Waals surface area contributed by atoms with Gasteiger partial charge in [-0.25, -0.2) is 9.78 Å². The number of esters is 1. The van der Waals surface area contributed by atoms with E-state index < -0.39 is 13.6 Å². The summed E-state index contributed by atoms with van der Waals surface area (Å²) < 4.78 is 31.9. The number of carbonyl (C=O) groups excluding carboxylic acids is 1.